The second-order valence-corrected chi connectivity index (χ2v) is 14.2. The highest BCUT2D eigenvalue weighted by molar-refractivity contribution is 5.98. The van der Waals surface area contributed by atoms with Crippen LogP contribution in [0.3, 0.4) is 0 Å². The van der Waals surface area contributed by atoms with Gasteiger partial charge in [-0.3, -0.25) is 49.5 Å². The average molecular weight is 831 g/mol. The normalized spacial score (nSPS) is 12.8. The van der Waals surface area contributed by atoms with Gasteiger partial charge in [-0.25, -0.2) is 17.6 Å². The number of rotatable bonds is 19. The van der Waals surface area contributed by atoms with E-state index in [1.165, 1.54) is 38.1 Å². The third-order valence-electron chi connectivity index (χ3n) is 8.61. The van der Waals surface area contributed by atoms with E-state index >= 15 is 0 Å². The maximum Gasteiger partial charge on any atom is 0.269 e. The molecule has 5 N–H and O–H groups in total. The van der Waals surface area contributed by atoms with Crippen molar-refractivity contribution in [3.05, 3.63) is 111 Å². The Morgan fingerprint density at radius 1 is 0.644 bits per heavy atom. The zero-order valence-corrected chi connectivity index (χ0v) is 33.6. The number of non-ortho nitro benzene ring substituents is 1. The Bertz CT molecular complexity index is 1920. The molecule has 0 aliphatic carbocycles. The highest BCUT2D eigenvalue weighted by Crippen LogP contribution is 2.13. The molecular weight excluding hydrogens is 780 g/mol. The lowest BCUT2D eigenvalue weighted by atomic mass is 10.0. The van der Waals surface area contributed by atoms with E-state index in [1.54, 1.807) is 13.8 Å². The number of nitrogens with one attached hydrogen (secondary N) is 5. The van der Waals surface area contributed by atoms with E-state index in [1.807, 2.05) is 13.8 Å². The van der Waals surface area contributed by atoms with Gasteiger partial charge in [0.2, 0.25) is 29.5 Å². The van der Waals surface area contributed by atoms with E-state index in [4.69, 9.17) is 0 Å². The number of ketones is 1. The number of hydrogen-bond acceptors (Lipinski definition) is 9. The lowest BCUT2D eigenvalue weighted by Crippen LogP contribution is -2.52. The number of benzene rings is 3. The van der Waals surface area contributed by atoms with Crippen LogP contribution in [0.15, 0.2) is 60.7 Å². The fourth-order valence-electron chi connectivity index (χ4n) is 5.33. The van der Waals surface area contributed by atoms with Crippen molar-refractivity contribution in [1.82, 2.24) is 26.6 Å². The number of nitro groups is 1. The van der Waals surface area contributed by atoms with Crippen molar-refractivity contribution in [2.75, 3.05) is 0 Å². The molecule has 320 valence electrons. The molecule has 0 saturated heterocycles. The molecule has 0 spiro atoms. The largest absolute Gasteiger partial charge is 0.350 e. The lowest BCUT2D eigenvalue weighted by Gasteiger charge is -2.20. The standard InChI is InChI=1S/C22H24F2N4O5.C19H26F2N2O3/c1-3-19(22(31)25-12-14-4-6-18(7-5-14)28(32)33)27-21(30)13(2)26-20(29)10-15-8-16(23)11-17(24)9-15;1-11(2)5-6-17(24)12(3)22-13(4)19(26)23-18(25)9-14-7-15(20)10-16(21)8-14/h4-9,11,13,19H,3,10,12H2,1-2H3,(H,25,31)(H,26,29)(H,27,30);7-8,10-13,22H,5-6,9H2,1-4H3,(H,23,25,26)/t13-,19-;12-,13-/m00/s1. The number of imide groups is 1. The molecule has 59 heavy (non-hydrogen) atoms. The van der Waals surface area contributed by atoms with Crippen LogP contribution in [0, 0.1) is 39.3 Å². The summed E-state index contributed by atoms with van der Waals surface area (Å²) >= 11 is 0. The highest BCUT2D eigenvalue weighted by atomic mass is 19.1. The van der Waals surface area contributed by atoms with Crippen LogP contribution in [0.2, 0.25) is 0 Å². The predicted molar refractivity (Wildman–Crippen MR) is 209 cm³/mol. The van der Waals surface area contributed by atoms with Gasteiger partial charge in [0.25, 0.3) is 5.69 Å². The Morgan fingerprint density at radius 2 is 1.15 bits per heavy atom. The molecular formula is C41H50F4N6O8. The van der Waals surface area contributed by atoms with Crippen molar-refractivity contribution in [3.8, 4) is 0 Å². The van der Waals surface area contributed by atoms with E-state index in [-0.39, 0.29) is 48.4 Å². The first kappa shape index (κ1) is 49.1. The smallest absolute Gasteiger partial charge is 0.269 e. The summed E-state index contributed by atoms with van der Waals surface area (Å²) in [5.74, 6) is -5.74. The molecule has 4 atom stereocenters. The predicted octanol–water partition coefficient (Wildman–Crippen LogP) is 4.65. The number of nitro benzene ring substituents is 1. The average Bonchev–Trinajstić information content (AvgIpc) is 3.14. The van der Waals surface area contributed by atoms with Gasteiger partial charge in [-0.2, -0.15) is 0 Å². The molecule has 0 bridgehead atoms. The third kappa shape index (κ3) is 18.4. The van der Waals surface area contributed by atoms with E-state index in [0.717, 1.165) is 30.7 Å². The fraction of sp³-hybridized carbons (Fsp3) is 0.415. The second kappa shape index (κ2) is 24.0. The molecule has 5 amide bonds. The second-order valence-electron chi connectivity index (χ2n) is 14.2. The van der Waals surface area contributed by atoms with Crippen LogP contribution in [-0.4, -0.2) is 64.4 Å². The van der Waals surface area contributed by atoms with Gasteiger partial charge in [-0.1, -0.05) is 32.9 Å². The zero-order valence-electron chi connectivity index (χ0n) is 33.6. The first-order valence-electron chi connectivity index (χ1n) is 18.8. The molecule has 3 aromatic carbocycles. The van der Waals surface area contributed by atoms with Crippen molar-refractivity contribution in [1.29, 1.82) is 0 Å². The monoisotopic (exact) mass is 830 g/mol. The molecule has 18 heteroatoms. The zero-order chi connectivity index (χ0) is 44.4. The van der Waals surface area contributed by atoms with Gasteiger partial charge in [0.05, 0.1) is 29.8 Å². The number of amides is 5. The number of nitrogens with zero attached hydrogens (tertiary/aromatic N) is 1. The molecule has 3 aromatic rings. The Hall–Kier alpha value is -6.04. The number of Topliss-reactive ketones (excluding diaryl/α,β-unsaturated/α-hetero) is 1. The first-order chi connectivity index (χ1) is 27.7. The van der Waals surface area contributed by atoms with Crippen molar-refractivity contribution in [3.63, 3.8) is 0 Å². The van der Waals surface area contributed by atoms with E-state index in [0.29, 0.717) is 30.0 Å². The molecule has 0 radical (unpaired) electrons. The summed E-state index contributed by atoms with van der Waals surface area (Å²) < 4.78 is 52.7. The third-order valence-corrected chi connectivity index (χ3v) is 8.61. The number of halogens is 4. The summed E-state index contributed by atoms with van der Waals surface area (Å²) in [5, 5.41) is 23.3. The topological polar surface area (TPSA) is 206 Å². The van der Waals surface area contributed by atoms with Gasteiger partial charge in [0.1, 0.15) is 41.1 Å². The molecule has 0 aliphatic rings. The van der Waals surface area contributed by atoms with Crippen molar-refractivity contribution >= 4 is 41.0 Å². The SMILES string of the molecule is CC(C)CCC(=O)[C@H](C)N[C@@H](C)C(=O)NC(=O)Cc1cc(F)cc(F)c1.CC[C@H](NC(=O)[C@H](C)NC(=O)Cc1cc(F)cc(F)c1)C(=O)NCc1ccc([N+](=O)[O-])cc1. The molecule has 3 rings (SSSR count). The minimum atomic E-state index is -0.993. The van der Waals surface area contributed by atoms with Crippen LogP contribution in [0.25, 0.3) is 0 Å². The molecule has 0 unspecified atom stereocenters. The minimum Gasteiger partial charge on any atom is -0.350 e. The minimum absolute atomic E-state index is 0.0000810. The summed E-state index contributed by atoms with van der Waals surface area (Å²) in [6.45, 7) is 10.5. The summed E-state index contributed by atoms with van der Waals surface area (Å²) in [4.78, 5) is 83.0. The highest BCUT2D eigenvalue weighted by Gasteiger charge is 2.24. The molecule has 0 fully saturated rings. The Balaban J connectivity index is 0.000000419. The van der Waals surface area contributed by atoms with Gasteiger partial charge >= 0.3 is 0 Å². The number of carbonyl (C=O) groups excluding carboxylic acids is 6. The molecule has 0 saturated carbocycles. The maximum absolute atomic E-state index is 13.2. The number of carbonyl (C=O) groups is 6. The van der Waals surface area contributed by atoms with Gasteiger partial charge < -0.3 is 16.0 Å². The summed E-state index contributed by atoms with van der Waals surface area (Å²) in [6.07, 6.45) is 0.828. The van der Waals surface area contributed by atoms with Crippen molar-refractivity contribution in [2.45, 2.75) is 104 Å². The molecule has 0 aliphatic heterocycles. The van der Waals surface area contributed by atoms with Crippen LogP contribution >= 0.6 is 0 Å². The van der Waals surface area contributed by atoms with Crippen LogP contribution in [0.1, 0.15) is 77.5 Å². The summed E-state index contributed by atoms with van der Waals surface area (Å²) in [7, 11) is 0. The van der Waals surface area contributed by atoms with Crippen LogP contribution in [0.4, 0.5) is 23.2 Å². The summed E-state index contributed by atoms with van der Waals surface area (Å²) in [6, 6.07) is 8.04. The van der Waals surface area contributed by atoms with Gasteiger partial charge in [0, 0.05) is 37.2 Å². The first-order valence-corrected chi connectivity index (χ1v) is 18.8. The maximum atomic E-state index is 13.2. The molecule has 0 aromatic heterocycles. The lowest BCUT2D eigenvalue weighted by molar-refractivity contribution is -0.384. The molecule has 0 heterocycles. The van der Waals surface area contributed by atoms with Crippen molar-refractivity contribution < 1.29 is 51.3 Å². The van der Waals surface area contributed by atoms with Gasteiger partial charge in [-0.05, 0) is 80.5 Å². The molecule has 14 nitrogen and oxygen atoms in total. The quantitative estimate of drug-likeness (QED) is 0.0647. The Morgan fingerprint density at radius 3 is 1.63 bits per heavy atom. The van der Waals surface area contributed by atoms with Crippen LogP contribution < -0.4 is 26.6 Å². The van der Waals surface area contributed by atoms with Crippen molar-refractivity contribution in [2.24, 2.45) is 5.92 Å². The van der Waals surface area contributed by atoms with E-state index in [9.17, 15) is 56.4 Å². The Labute approximate surface area is 339 Å². The number of hydrogen-bond donors (Lipinski definition) is 5. The Kier molecular flexibility index (Phi) is 20.0. The van der Waals surface area contributed by atoms with E-state index in [2.05, 4.69) is 26.6 Å². The summed E-state index contributed by atoms with van der Waals surface area (Å²) in [5.41, 5.74) is 0.826. The fourth-order valence-corrected chi connectivity index (χ4v) is 5.33. The van der Waals surface area contributed by atoms with Gasteiger partial charge in [-0.15, -0.1) is 0 Å². The van der Waals surface area contributed by atoms with Crippen LogP contribution in [-0.2, 0) is 48.2 Å². The van der Waals surface area contributed by atoms with E-state index < -0.39 is 81.9 Å². The van der Waals surface area contributed by atoms with Gasteiger partial charge in [0.15, 0.2) is 0 Å². The van der Waals surface area contributed by atoms with Crippen LogP contribution in [0.5, 0.6) is 0 Å².